The Morgan fingerprint density at radius 1 is 0.580 bits per heavy atom. The molecule has 0 N–H and O–H groups in total. The first-order chi connectivity index (χ1) is 32.8. The molecule has 69 heavy (non-hydrogen) atoms. The summed E-state index contributed by atoms with van der Waals surface area (Å²) in [5, 5.41) is 0. The monoisotopic (exact) mass is 902 g/mol. The van der Waals surface area contributed by atoms with E-state index < -0.39 is 0 Å². The van der Waals surface area contributed by atoms with Gasteiger partial charge in [0.05, 0.1) is 0 Å². The van der Waals surface area contributed by atoms with E-state index in [0.717, 1.165) is 33.9 Å². The zero-order valence-corrected chi connectivity index (χ0v) is 42.7. The lowest BCUT2D eigenvalue weighted by molar-refractivity contribution is 0.590. The maximum absolute atomic E-state index is 4.94. The van der Waals surface area contributed by atoms with Crippen LogP contribution < -0.4 is 20.2 Å². The quantitative estimate of drug-likeness (QED) is 0.106. The summed E-state index contributed by atoms with van der Waals surface area (Å²) >= 11 is 0. The van der Waals surface area contributed by atoms with Crippen LogP contribution in [-0.4, -0.2) is 6.71 Å². The molecule has 346 valence electrons. The van der Waals surface area contributed by atoms with Gasteiger partial charge >= 0.3 is 0 Å². The number of rotatable bonds is 9. The third kappa shape index (κ3) is 8.71. The minimum Gasteiger partial charge on any atom is -0.319 e. The Kier molecular flexibility index (Phi) is 12.1. The van der Waals surface area contributed by atoms with Crippen molar-refractivity contribution < 1.29 is 0 Å². The summed E-state index contributed by atoms with van der Waals surface area (Å²) in [6.45, 7) is 34.1. The molecule has 4 heteroatoms. The fourth-order valence-corrected chi connectivity index (χ4v) is 10.5. The third-order valence-electron chi connectivity index (χ3n) is 14.4. The number of benzene rings is 6. The van der Waals surface area contributed by atoms with Crippen molar-refractivity contribution in [3.63, 3.8) is 0 Å². The second-order valence-corrected chi connectivity index (χ2v) is 22.5. The van der Waals surface area contributed by atoms with Crippen molar-refractivity contribution in [1.82, 2.24) is 0 Å². The molecular formula is C65H68BN3. The number of anilines is 5. The molecule has 0 radical (unpaired) electrons. The van der Waals surface area contributed by atoms with Gasteiger partial charge in [0.25, 0.3) is 0 Å². The van der Waals surface area contributed by atoms with Crippen molar-refractivity contribution in [1.29, 1.82) is 0 Å². The van der Waals surface area contributed by atoms with Gasteiger partial charge in [-0.05, 0) is 121 Å². The predicted molar refractivity (Wildman–Crippen MR) is 301 cm³/mol. The van der Waals surface area contributed by atoms with Crippen molar-refractivity contribution in [2.24, 2.45) is 0 Å². The van der Waals surface area contributed by atoms with E-state index in [1.807, 2.05) is 18.2 Å². The van der Waals surface area contributed by atoms with E-state index in [2.05, 4.69) is 268 Å². The number of fused-ring (bicyclic) bond motifs is 3. The number of hydrogen-bond donors (Lipinski definition) is 0. The molecule has 2 aliphatic heterocycles. The first-order valence-electron chi connectivity index (χ1n) is 24.6. The van der Waals surface area contributed by atoms with Crippen LogP contribution >= 0.6 is 0 Å². The van der Waals surface area contributed by atoms with Gasteiger partial charge < -0.3 is 14.7 Å². The van der Waals surface area contributed by atoms with E-state index in [0.29, 0.717) is 0 Å². The highest BCUT2D eigenvalue weighted by Crippen LogP contribution is 2.56. The lowest BCUT2D eigenvalue weighted by atomic mass is 9.29. The van der Waals surface area contributed by atoms with E-state index in [-0.39, 0.29) is 28.4 Å². The molecule has 0 fully saturated rings. The maximum Gasteiger partial charge on any atom is 0.248 e. The maximum atomic E-state index is 4.94. The molecule has 3 nitrogen and oxygen atoms in total. The summed E-state index contributed by atoms with van der Waals surface area (Å²) < 4.78 is 0. The molecule has 0 aromatic heterocycles. The fourth-order valence-electron chi connectivity index (χ4n) is 10.5. The van der Waals surface area contributed by atoms with E-state index in [9.17, 15) is 0 Å². The first-order valence-corrected chi connectivity index (χ1v) is 24.6. The molecule has 0 saturated carbocycles. The average Bonchev–Trinajstić information content (AvgIpc) is 3.56. The van der Waals surface area contributed by atoms with Crippen LogP contribution in [0, 0.1) is 0 Å². The Labute approximate surface area is 414 Å². The van der Waals surface area contributed by atoms with Crippen molar-refractivity contribution in [3.05, 3.63) is 246 Å². The smallest absolute Gasteiger partial charge is 0.248 e. The molecule has 6 aromatic carbocycles. The molecule has 0 amide bonds. The standard InChI is InChI=1S/C65H68BN3/c1-14-15-16-19-42-67-45(2)56(27-22-43-68(51-38-34-49(35-39-51)63(6,7)8)52-40-36-50(37-41-52)64(9,10)11)66-59-57(67)28-21-29-58(59)69(60-54-25-17-18-26-55(54)65(12,13)61(60)66)53-24-20-23-47(44-53)46-30-32-48(33-31-46)62(3,4)5/h14-44H,1-2H2,3-13H3/b16-15-,42-19+,43-22+,56-27+. The van der Waals surface area contributed by atoms with E-state index in [1.165, 1.54) is 61.3 Å². The topological polar surface area (TPSA) is 9.72 Å². The molecule has 0 unspecified atom stereocenters. The molecule has 3 aliphatic rings. The van der Waals surface area contributed by atoms with Gasteiger partial charge in [-0.25, -0.2) is 0 Å². The van der Waals surface area contributed by atoms with Crippen LogP contribution in [0.25, 0.3) is 16.8 Å². The van der Waals surface area contributed by atoms with Gasteiger partial charge in [-0.2, -0.15) is 0 Å². The van der Waals surface area contributed by atoms with Crippen molar-refractivity contribution in [3.8, 4) is 11.1 Å². The lowest BCUT2D eigenvalue weighted by Gasteiger charge is -2.46. The average molecular weight is 902 g/mol. The summed E-state index contributed by atoms with van der Waals surface area (Å²) in [5.74, 6) is 0. The summed E-state index contributed by atoms with van der Waals surface area (Å²) in [5.41, 5.74) is 20.5. The minimum atomic E-state index is -0.302. The zero-order valence-electron chi connectivity index (χ0n) is 42.7. The fraction of sp³-hybridized carbons (Fsp3) is 0.231. The molecule has 0 bridgehead atoms. The third-order valence-corrected chi connectivity index (χ3v) is 14.4. The number of hydrogen-bond acceptors (Lipinski definition) is 3. The molecule has 1 aliphatic carbocycles. The van der Waals surface area contributed by atoms with Gasteiger partial charge in [-0.1, -0.05) is 210 Å². The molecule has 9 rings (SSSR count). The van der Waals surface area contributed by atoms with Crippen LogP contribution in [0.3, 0.4) is 0 Å². The lowest BCUT2D eigenvalue weighted by Crippen LogP contribution is -2.53. The van der Waals surface area contributed by atoms with Gasteiger partial charge in [0.15, 0.2) is 0 Å². The van der Waals surface area contributed by atoms with Crippen LogP contribution in [0.4, 0.5) is 28.4 Å². The molecule has 2 heterocycles. The summed E-state index contributed by atoms with van der Waals surface area (Å²) in [6.07, 6.45) is 16.8. The highest BCUT2D eigenvalue weighted by atomic mass is 15.2. The Balaban J connectivity index is 1.25. The van der Waals surface area contributed by atoms with Gasteiger partial charge in [0.2, 0.25) is 6.71 Å². The number of allylic oxidation sites excluding steroid dienone is 8. The van der Waals surface area contributed by atoms with Gasteiger partial charge in [0.1, 0.15) is 0 Å². The predicted octanol–water partition coefficient (Wildman–Crippen LogP) is 16.7. The van der Waals surface area contributed by atoms with Crippen LogP contribution in [0.5, 0.6) is 0 Å². The Morgan fingerprint density at radius 2 is 1.14 bits per heavy atom. The summed E-state index contributed by atoms with van der Waals surface area (Å²) in [6, 6.07) is 52.2. The van der Waals surface area contributed by atoms with Crippen LogP contribution in [0.2, 0.25) is 0 Å². The Morgan fingerprint density at radius 3 is 1.74 bits per heavy atom. The highest BCUT2D eigenvalue weighted by Gasteiger charge is 2.53. The zero-order chi connectivity index (χ0) is 49.0. The van der Waals surface area contributed by atoms with Crippen LogP contribution in [0.1, 0.15) is 104 Å². The van der Waals surface area contributed by atoms with E-state index >= 15 is 0 Å². The van der Waals surface area contributed by atoms with Crippen molar-refractivity contribution in [2.75, 3.05) is 14.7 Å². The van der Waals surface area contributed by atoms with Crippen molar-refractivity contribution in [2.45, 2.75) is 97.8 Å². The van der Waals surface area contributed by atoms with Crippen LogP contribution in [-0.2, 0) is 21.7 Å². The molecule has 0 saturated heterocycles. The van der Waals surface area contributed by atoms with Gasteiger partial charge in [0, 0.05) is 63.2 Å². The second kappa shape index (κ2) is 17.8. The van der Waals surface area contributed by atoms with Crippen LogP contribution in [0.15, 0.2) is 218 Å². The summed E-state index contributed by atoms with van der Waals surface area (Å²) in [7, 11) is 0. The van der Waals surface area contributed by atoms with Gasteiger partial charge in [-0.15, -0.1) is 0 Å². The van der Waals surface area contributed by atoms with Crippen molar-refractivity contribution >= 4 is 46.3 Å². The Hall–Kier alpha value is -7.04. The second-order valence-electron chi connectivity index (χ2n) is 22.5. The van der Waals surface area contributed by atoms with E-state index in [4.69, 9.17) is 6.58 Å². The summed E-state index contributed by atoms with van der Waals surface area (Å²) in [4.78, 5) is 7.14. The molecule has 0 spiro atoms. The SMILES string of the molecule is C=C/C=C\C=C\N1C(=C)/C(=C\C=C\N(c2ccc(C(C)(C)C)cc2)c2ccc(C(C)(C)C)cc2)B2C3=C(c4ccccc4C3(C)C)N(c3cccc(-c4ccc(C(C)(C)C)cc4)c3)c3cccc1c32. The minimum absolute atomic E-state index is 0.0498. The van der Waals surface area contributed by atoms with E-state index in [1.54, 1.807) is 0 Å². The highest BCUT2D eigenvalue weighted by molar-refractivity contribution is 6.91. The first kappa shape index (κ1) is 47.0. The molecular weight excluding hydrogens is 834 g/mol. The van der Waals surface area contributed by atoms with Gasteiger partial charge in [-0.3, -0.25) is 0 Å². The molecule has 6 aromatic rings. The molecule has 0 atom stereocenters. The Bertz CT molecular complexity index is 3040. The normalized spacial score (nSPS) is 16.2. The number of nitrogens with zero attached hydrogens (tertiary/aromatic N) is 3. The largest absolute Gasteiger partial charge is 0.319 e.